The number of carboxylic acid groups (broad SMARTS) is 1. The van der Waals surface area contributed by atoms with Gasteiger partial charge in [0.1, 0.15) is 5.75 Å². The van der Waals surface area contributed by atoms with E-state index in [4.69, 9.17) is 9.72 Å². The Bertz CT molecular complexity index is 1540. The van der Waals surface area contributed by atoms with Gasteiger partial charge in [0.2, 0.25) is 0 Å². The Hall–Kier alpha value is -4.37. The highest BCUT2D eigenvalue weighted by Crippen LogP contribution is 2.35. The molecule has 1 aliphatic carbocycles. The summed E-state index contributed by atoms with van der Waals surface area (Å²) in [7, 11) is 0. The molecule has 3 atom stereocenters. The number of aromatic nitrogens is 2. The smallest absolute Gasteiger partial charge is 0.404 e. The summed E-state index contributed by atoms with van der Waals surface area (Å²) in [6.45, 7) is 2.45. The Morgan fingerprint density at radius 1 is 1.00 bits per heavy atom. The summed E-state index contributed by atoms with van der Waals surface area (Å²) in [6.07, 6.45) is 4.91. The fourth-order valence-corrected chi connectivity index (χ4v) is 6.41. The zero-order chi connectivity index (χ0) is 28.9. The van der Waals surface area contributed by atoms with Crippen molar-refractivity contribution < 1.29 is 19.4 Å². The molecule has 2 heterocycles. The molecule has 0 bridgehead atoms. The van der Waals surface area contributed by atoms with Crippen molar-refractivity contribution >= 4 is 22.8 Å². The third-order valence-electron chi connectivity index (χ3n) is 8.49. The number of fused-ring (bicyclic) bond motifs is 1. The van der Waals surface area contributed by atoms with E-state index in [1.807, 2.05) is 64.1 Å². The quantitative estimate of drug-likeness (QED) is 0.265. The molecule has 42 heavy (non-hydrogen) atoms. The molecular weight excluding hydrogens is 530 g/mol. The molecular formula is C33H37N5O4. The van der Waals surface area contributed by atoms with Gasteiger partial charge >= 0.3 is 6.09 Å². The highest BCUT2D eigenvalue weighted by molar-refractivity contribution is 5.98. The number of benzene rings is 3. The topological polar surface area (TPSA) is 109 Å². The van der Waals surface area contributed by atoms with E-state index in [9.17, 15) is 14.7 Å². The number of carbonyl (C=O) groups excluding carboxylic acids is 1. The van der Waals surface area contributed by atoms with Crippen molar-refractivity contribution in [2.24, 2.45) is 0 Å². The summed E-state index contributed by atoms with van der Waals surface area (Å²) >= 11 is 0. The van der Waals surface area contributed by atoms with Crippen LogP contribution in [0.1, 0.15) is 48.6 Å². The molecule has 6 rings (SSSR count). The zero-order valence-corrected chi connectivity index (χ0v) is 23.6. The molecule has 1 saturated carbocycles. The minimum absolute atomic E-state index is 0.0448. The molecule has 1 aliphatic heterocycles. The summed E-state index contributed by atoms with van der Waals surface area (Å²) in [6, 6.07) is 23.7. The Kier molecular flexibility index (Phi) is 8.37. The third kappa shape index (κ3) is 5.97. The van der Waals surface area contributed by atoms with Crippen LogP contribution in [0.25, 0.3) is 22.0 Å². The van der Waals surface area contributed by atoms with Crippen LogP contribution in [-0.4, -0.2) is 69.9 Å². The molecule has 2 aliphatic rings. The first-order valence-corrected chi connectivity index (χ1v) is 14.8. The molecule has 0 unspecified atom stereocenters. The normalized spacial score (nSPS) is 20.8. The first kappa shape index (κ1) is 27.8. The van der Waals surface area contributed by atoms with Gasteiger partial charge < -0.3 is 29.9 Å². The minimum Gasteiger partial charge on any atom is -0.493 e. The van der Waals surface area contributed by atoms with Crippen LogP contribution in [0.2, 0.25) is 0 Å². The van der Waals surface area contributed by atoms with Crippen LogP contribution in [-0.2, 0) is 0 Å². The van der Waals surface area contributed by atoms with Crippen molar-refractivity contribution in [3.8, 4) is 17.0 Å². The standard InChI is InChI=1S/C33H37N5O4/c39-32(37-18-17-34-21-26(37)16-19-42-27-15-14-23-8-4-5-11-25(23)20-27)30-31(24-9-2-1-3-10-24)38(22-35-30)29-13-7-6-12-28(29)36-33(40)41/h1-5,8-11,14-15,20,22,26,28-29,34,36H,6-7,12-13,16-19,21H2,(H,40,41)/t26-,28+,29+/m1/s1. The summed E-state index contributed by atoms with van der Waals surface area (Å²) < 4.78 is 8.16. The van der Waals surface area contributed by atoms with E-state index in [2.05, 4.69) is 28.8 Å². The summed E-state index contributed by atoms with van der Waals surface area (Å²) in [4.78, 5) is 32.4. The van der Waals surface area contributed by atoms with E-state index in [0.29, 0.717) is 38.4 Å². The van der Waals surface area contributed by atoms with Gasteiger partial charge in [0, 0.05) is 37.7 Å². The van der Waals surface area contributed by atoms with Crippen molar-refractivity contribution in [1.29, 1.82) is 0 Å². The lowest BCUT2D eigenvalue weighted by atomic mass is 9.89. The number of nitrogens with zero attached hydrogens (tertiary/aromatic N) is 3. The van der Waals surface area contributed by atoms with E-state index in [0.717, 1.165) is 48.1 Å². The SMILES string of the molecule is O=C(O)N[C@H]1CCCC[C@@H]1n1cnc(C(=O)N2CCNC[C@H]2CCOc2ccc3ccccc3c2)c1-c1ccccc1. The number of amides is 2. The van der Waals surface area contributed by atoms with Gasteiger partial charge in [-0.3, -0.25) is 4.79 Å². The predicted molar refractivity (Wildman–Crippen MR) is 162 cm³/mol. The Labute approximate surface area is 245 Å². The van der Waals surface area contributed by atoms with E-state index < -0.39 is 6.09 Å². The first-order chi connectivity index (χ1) is 20.6. The number of imidazole rings is 1. The van der Waals surface area contributed by atoms with Crippen molar-refractivity contribution in [1.82, 2.24) is 25.1 Å². The lowest BCUT2D eigenvalue weighted by Gasteiger charge is -2.36. The Morgan fingerprint density at radius 3 is 2.62 bits per heavy atom. The molecule has 1 saturated heterocycles. The van der Waals surface area contributed by atoms with Gasteiger partial charge in [0.15, 0.2) is 5.69 Å². The van der Waals surface area contributed by atoms with Gasteiger partial charge in [-0.05, 0) is 35.7 Å². The molecule has 3 aromatic carbocycles. The first-order valence-electron chi connectivity index (χ1n) is 14.8. The van der Waals surface area contributed by atoms with Crippen molar-refractivity contribution in [2.45, 2.75) is 50.2 Å². The molecule has 3 N–H and O–H groups in total. The lowest BCUT2D eigenvalue weighted by Crippen LogP contribution is -2.54. The number of hydrogen-bond acceptors (Lipinski definition) is 5. The minimum atomic E-state index is -1.03. The molecule has 0 spiro atoms. The molecule has 2 amide bonds. The Morgan fingerprint density at radius 2 is 1.79 bits per heavy atom. The van der Waals surface area contributed by atoms with Gasteiger partial charge in [-0.1, -0.05) is 73.5 Å². The van der Waals surface area contributed by atoms with Gasteiger partial charge in [-0.2, -0.15) is 0 Å². The highest BCUT2D eigenvalue weighted by Gasteiger charge is 2.35. The molecule has 218 valence electrons. The number of rotatable bonds is 8. The van der Waals surface area contributed by atoms with Crippen LogP contribution in [0.3, 0.4) is 0 Å². The maximum Gasteiger partial charge on any atom is 0.404 e. The van der Waals surface area contributed by atoms with Crippen LogP contribution >= 0.6 is 0 Å². The number of piperazine rings is 1. The zero-order valence-electron chi connectivity index (χ0n) is 23.6. The summed E-state index contributed by atoms with van der Waals surface area (Å²) in [5.74, 6) is 0.709. The molecule has 2 fully saturated rings. The van der Waals surface area contributed by atoms with Crippen LogP contribution < -0.4 is 15.4 Å². The second-order valence-corrected chi connectivity index (χ2v) is 11.1. The highest BCUT2D eigenvalue weighted by atomic mass is 16.5. The van der Waals surface area contributed by atoms with Crippen molar-refractivity contribution in [3.63, 3.8) is 0 Å². The molecule has 0 radical (unpaired) electrons. The van der Waals surface area contributed by atoms with Gasteiger partial charge in [0.05, 0.1) is 30.7 Å². The average molecular weight is 568 g/mol. The second-order valence-electron chi connectivity index (χ2n) is 11.1. The van der Waals surface area contributed by atoms with E-state index in [1.165, 1.54) is 5.39 Å². The largest absolute Gasteiger partial charge is 0.493 e. The fraction of sp³-hybridized carbons (Fsp3) is 0.364. The number of nitrogens with one attached hydrogen (secondary N) is 2. The molecule has 4 aromatic rings. The van der Waals surface area contributed by atoms with Crippen LogP contribution in [0.4, 0.5) is 4.79 Å². The van der Waals surface area contributed by atoms with Crippen LogP contribution in [0.5, 0.6) is 5.75 Å². The Balaban J connectivity index is 1.24. The maximum atomic E-state index is 14.2. The number of ether oxygens (including phenoxy) is 1. The van der Waals surface area contributed by atoms with E-state index in [1.54, 1.807) is 6.33 Å². The number of carbonyl (C=O) groups is 2. The van der Waals surface area contributed by atoms with Crippen LogP contribution in [0.15, 0.2) is 79.1 Å². The molecule has 9 heteroatoms. The maximum absolute atomic E-state index is 14.2. The molecule has 1 aromatic heterocycles. The second kappa shape index (κ2) is 12.7. The monoisotopic (exact) mass is 567 g/mol. The van der Waals surface area contributed by atoms with Crippen LogP contribution in [0, 0.1) is 0 Å². The van der Waals surface area contributed by atoms with Gasteiger partial charge in [-0.15, -0.1) is 0 Å². The van der Waals surface area contributed by atoms with E-state index in [-0.39, 0.29) is 24.0 Å². The number of hydrogen-bond donors (Lipinski definition) is 3. The average Bonchev–Trinajstić information content (AvgIpc) is 3.46. The third-order valence-corrected chi connectivity index (χ3v) is 8.49. The predicted octanol–water partition coefficient (Wildman–Crippen LogP) is 5.34. The summed E-state index contributed by atoms with van der Waals surface area (Å²) in [5.41, 5.74) is 2.04. The summed E-state index contributed by atoms with van der Waals surface area (Å²) in [5, 5.41) is 17.9. The van der Waals surface area contributed by atoms with Gasteiger partial charge in [-0.25, -0.2) is 9.78 Å². The van der Waals surface area contributed by atoms with E-state index >= 15 is 0 Å². The van der Waals surface area contributed by atoms with Gasteiger partial charge in [0.25, 0.3) is 5.91 Å². The fourth-order valence-electron chi connectivity index (χ4n) is 6.41. The lowest BCUT2D eigenvalue weighted by molar-refractivity contribution is 0.0601. The van der Waals surface area contributed by atoms with Crippen molar-refractivity contribution in [2.75, 3.05) is 26.2 Å². The van der Waals surface area contributed by atoms with Crippen molar-refractivity contribution in [3.05, 3.63) is 84.8 Å². The molecule has 9 nitrogen and oxygen atoms in total.